The Balaban J connectivity index is 1.55. The van der Waals surface area contributed by atoms with Crippen LogP contribution in [0.4, 0.5) is 0 Å². The molecule has 2 saturated carbocycles. The molecule has 2 aliphatic carbocycles. The molecule has 1 aromatic rings. The topological polar surface area (TPSA) is 64.9 Å². The first-order chi connectivity index (χ1) is 9.32. The van der Waals surface area contributed by atoms with E-state index in [1.807, 2.05) is 11.8 Å². The maximum atomic E-state index is 5.87. The number of hydrogen-bond acceptors (Lipinski definition) is 5. The highest BCUT2D eigenvalue weighted by Crippen LogP contribution is 2.42. The number of nitrogens with zero attached hydrogens (tertiary/aromatic N) is 2. The van der Waals surface area contributed by atoms with Gasteiger partial charge in [0.1, 0.15) is 0 Å². The van der Waals surface area contributed by atoms with Crippen LogP contribution >= 0.6 is 11.8 Å². The van der Waals surface area contributed by atoms with Crippen molar-refractivity contribution in [1.29, 1.82) is 0 Å². The van der Waals surface area contributed by atoms with E-state index >= 15 is 0 Å². The average molecular weight is 281 g/mol. The molecule has 0 saturated heterocycles. The van der Waals surface area contributed by atoms with Gasteiger partial charge in [-0.15, -0.1) is 0 Å². The Labute approximate surface area is 118 Å². The molecule has 0 radical (unpaired) electrons. The minimum Gasteiger partial charge on any atom is -0.339 e. The van der Waals surface area contributed by atoms with Gasteiger partial charge in [0, 0.05) is 11.8 Å². The van der Waals surface area contributed by atoms with Gasteiger partial charge in [-0.1, -0.05) is 30.8 Å². The van der Waals surface area contributed by atoms with E-state index < -0.39 is 0 Å². The molecule has 0 aromatic carbocycles. The summed E-state index contributed by atoms with van der Waals surface area (Å²) >= 11 is 1.99. The van der Waals surface area contributed by atoms with Gasteiger partial charge in [0.25, 0.3) is 0 Å². The Hall–Kier alpha value is -0.550. The summed E-state index contributed by atoms with van der Waals surface area (Å²) in [6, 6.07) is 0. The lowest BCUT2D eigenvalue weighted by Gasteiger charge is -2.36. The van der Waals surface area contributed by atoms with Crippen molar-refractivity contribution < 1.29 is 4.52 Å². The molecule has 0 unspecified atom stereocenters. The summed E-state index contributed by atoms with van der Waals surface area (Å²) in [7, 11) is 0. The van der Waals surface area contributed by atoms with Crippen molar-refractivity contribution in [3.05, 3.63) is 11.7 Å². The fourth-order valence-corrected chi connectivity index (χ4v) is 4.23. The molecule has 1 aromatic heterocycles. The minimum atomic E-state index is 0.000749. The zero-order valence-corrected chi connectivity index (χ0v) is 12.3. The second-order valence-electron chi connectivity index (χ2n) is 5.92. The molecule has 0 spiro atoms. The molecule has 0 amide bonds. The van der Waals surface area contributed by atoms with E-state index in [9.17, 15) is 0 Å². The maximum absolute atomic E-state index is 5.87. The van der Waals surface area contributed by atoms with E-state index in [-0.39, 0.29) is 5.41 Å². The van der Waals surface area contributed by atoms with Crippen molar-refractivity contribution in [2.75, 3.05) is 6.54 Å². The third-order valence-electron chi connectivity index (χ3n) is 4.62. The van der Waals surface area contributed by atoms with Gasteiger partial charge in [-0.2, -0.15) is 16.7 Å². The quantitative estimate of drug-likeness (QED) is 0.898. The normalized spacial score (nSPS) is 23.2. The van der Waals surface area contributed by atoms with Crippen molar-refractivity contribution in [2.24, 2.45) is 5.73 Å². The fraction of sp³-hybridized carbons (Fsp3) is 0.857. The standard InChI is InChI=1S/C14H23N3OS/c15-10-14(7-4-8-14)13-16-12(17-18-13)9-19-11-5-2-1-3-6-11/h11H,1-10,15H2. The first-order valence-corrected chi connectivity index (χ1v) is 8.52. The first-order valence-electron chi connectivity index (χ1n) is 7.47. The van der Waals surface area contributed by atoms with E-state index in [0.717, 1.165) is 35.6 Å². The minimum absolute atomic E-state index is 0.000749. The third kappa shape index (κ3) is 2.82. The van der Waals surface area contributed by atoms with E-state index in [2.05, 4.69) is 10.1 Å². The second kappa shape index (κ2) is 5.83. The predicted octanol–water partition coefficient (Wildman–Crippen LogP) is 3.02. The molecule has 19 heavy (non-hydrogen) atoms. The summed E-state index contributed by atoms with van der Waals surface area (Å²) in [6.07, 6.45) is 10.3. The Morgan fingerprint density at radius 3 is 2.63 bits per heavy atom. The van der Waals surface area contributed by atoms with Crippen LogP contribution in [0.2, 0.25) is 0 Å². The van der Waals surface area contributed by atoms with E-state index in [4.69, 9.17) is 10.3 Å². The number of aromatic nitrogens is 2. The first kappa shape index (κ1) is 13.4. The van der Waals surface area contributed by atoms with Gasteiger partial charge in [-0.05, 0) is 25.7 Å². The molecular formula is C14H23N3OS. The van der Waals surface area contributed by atoms with Crippen LogP contribution in [0.3, 0.4) is 0 Å². The lowest BCUT2D eigenvalue weighted by Crippen LogP contribution is -2.41. The number of rotatable bonds is 5. The van der Waals surface area contributed by atoms with Crippen LogP contribution in [0.5, 0.6) is 0 Å². The van der Waals surface area contributed by atoms with E-state index in [1.54, 1.807) is 0 Å². The van der Waals surface area contributed by atoms with Crippen LogP contribution in [-0.4, -0.2) is 21.9 Å². The number of nitrogens with two attached hydrogens (primary N) is 1. The summed E-state index contributed by atoms with van der Waals surface area (Å²) < 4.78 is 5.45. The predicted molar refractivity (Wildman–Crippen MR) is 77.0 cm³/mol. The highest BCUT2D eigenvalue weighted by atomic mass is 32.2. The lowest BCUT2D eigenvalue weighted by atomic mass is 9.69. The molecule has 3 rings (SSSR count). The molecule has 5 heteroatoms. The van der Waals surface area contributed by atoms with Gasteiger partial charge >= 0.3 is 0 Å². The smallest absolute Gasteiger partial charge is 0.234 e. The number of hydrogen-bond donors (Lipinski definition) is 1. The van der Waals surface area contributed by atoms with Crippen molar-refractivity contribution in [2.45, 2.75) is 67.8 Å². The maximum Gasteiger partial charge on any atom is 0.234 e. The molecule has 2 aliphatic rings. The van der Waals surface area contributed by atoms with Gasteiger partial charge < -0.3 is 10.3 Å². The monoisotopic (exact) mass is 281 g/mol. The molecule has 0 aliphatic heterocycles. The molecule has 106 valence electrons. The Bertz CT molecular complexity index is 405. The van der Waals surface area contributed by atoms with E-state index in [1.165, 1.54) is 38.5 Å². The van der Waals surface area contributed by atoms with Gasteiger partial charge in [0.05, 0.1) is 11.2 Å². The van der Waals surface area contributed by atoms with Crippen LogP contribution in [0.15, 0.2) is 4.52 Å². The third-order valence-corrected chi connectivity index (χ3v) is 5.99. The average Bonchev–Trinajstić information content (AvgIpc) is 2.86. The molecule has 0 atom stereocenters. The summed E-state index contributed by atoms with van der Waals surface area (Å²) in [5.74, 6) is 2.51. The summed E-state index contributed by atoms with van der Waals surface area (Å²) in [5, 5.41) is 4.93. The zero-order valence-electron chi connectivity index (χ0n) is 11.4. The van der Waals surface area contributed by atoms with Crippen LogP contribution in [-0.2, 0) is 11.2 Å². The highest BCUT2D eigenvalue weighted by Gasteiger charge is 2.42. The Morgan fingerprint density at radius 2 is 2.00 bits per heavy atom. The SMILES string of the molecule is NCC1(c2nc(CSC3CCCCC3)no2)CCC1. The molecule has 0 bridgehead atoms. The molecule has 2 fully saturated rings. The van der Waals surface area contributed by atoms with Crippen LogP contribution in [0.25, 0.3) is 0 Å². The van der Waals surface area contributed by atoms with Gasteiger partial charge in [0.15, 0.2) is 5.82 Å². The molecule has 2 N–H and O–H groups in total. The largest absolute Gasteiger partial charge is 0.339 e. The van der Waals surface area contributed by atoms with Gasteiger partial charge in [0.2, 0.25) is 5.89 Å². The van der Waals surface area contributed by atoms with Gasteiger partial charge in [-0.25, -0.2) is 0 Å². The lowest BCUT2D eigenvalue weighted by molar-refractivity contribution is 0.181. The van der Waals surface area contributed by atoms with Crippen molar-refractivity contribution >= 4 is 11.8 Å². The van der Waals surface area contributed by atoms with Crippen LogP contribution in [0.1, 0.15) is 63.1 Å². The van der Waals surface area contributed by atoms with E-state index in [0.29, 0.717) is 6.54 Å². The van der Waals surface area contributed by atoms with Crippen LogP contribution in [0, 0.1) is 0 Å². The fourth-order valence-electron chi connectivity index (χ4n) is 3.06. The molecule has 1 heterocycles. The Kier molecular flexibility index (Phi) is 4.12. The summed E-state index contributed by atoms with van der Waals surface area (Å²) in [6.45, 7) is 0.629. The highest BCUT2D eigenvalue weighted by molar-refractivity contribution is 7.99. The molecular weight excluding hydrogens is 258 g/mol. The summed E-state index contributed by atoms with van der Waals surface area (Å²) in [4.78, 5) is 4.58. The zero-order chi connectivity index (χ0) is 13.1. The van der Waals surface area contributed by atoms with Gasteiger partial charge in [-0.3, -0.25) is 0 Å². The summed E-state index contributed by atoms with van der Waals surface area (Å²) in [5.41, 5.74) is 5.87. The second-order valence-corrected chi connectivity index (χ2v) is 7.21. The van der Waals surface area contributed by atoms with Crippen molar-refractivity contribution in [1.82, 2.24) is 10.1 Å². The van der Waals surface area contributed by atoms with Crippen molar-refractivity contribution in [3.8, 4) is 0 Å². The number of thioether (sulfide) groups is 1. The van der Waals surface area contributed by atoms with Crippen molar-refractivity contribution in [3.63, 3.8) is 0 Å². The molecule has 4 nitrogen and oxygen atoms in total. The Morgan fingerprint density at radius 1 is 1.21 bits per heavy atom. The van der Waals surface area contributed by atoms with Crippen LogP contribution < -0.4 is 5.73 Å².